The summed E-state index contributed by atoms with van der Waals surface area (Å²) in [6, 6.07) is 13.9. The van der Waals surface area contributed by atoms with Crippen LogP contribution < -0.4 is 10.1 Å². The average Bonchev–Trinajstić information content (AvgIpc) is 2.90. The third kappa shape index (κ3) is 3.43. The number of hydrogen-bond donors (Lipinski definition) is 1. The summed E-state index contributed by atoms with van der Waals surface area (Å²) in [6.07, 6.45) is 0.379. The third-order valence-electron chi connectivity index (χ3n) is 4.81. The Morgan fingerprint density at radius 1 is 1.11 bits per heavy atom. The molecule has 1 aliphatic rings. The van der Waals surface area contributed by atoms with E-state index in [1.807, 2.05) is 51.1 Å². The van der Waals surface area contributed by atoms with Crippen LogP contribution in [0.25, 0.3) is 0 Å². The van der Waals surface area contributed by atoms with E-state index in [1.165, 1.54) is 0 Å². The van der Waals surface area contributed by atoms with Crippen LogP contribution in [0, 0.1) is 13.8 Å². The van der Waals surface area contributed by atoms with Crippen molar-refractivity contribution in [3.63, 3.8) is 0 Å². The highest BCUT2D eigenvalue weighted by molar-refractivity contribution is 6.09. The molecular formula is C21H22N2O4. The number of esters is 1. The molecule has 1 unspecified atom stereocenters. The lowest BCUT2D eigenvalue weighted by molar-refractivity contribution is -0.141. The highest BCUT2D eigenvalue weighted by atomic mass is 16.5. The van der Waals surface area contributed by atoms with Crippen LogP contribution in [0.15, 0.2) is 48.5 Å². The Labute approximate surface area is 158 Å². The van der Waals surface area contributed by atoms with E-state index in [9.17, 15) is 14.4 Å². The quantitative estimate of drug-likeness (QED) is 0.501. The van der Waals surface area contributed by atoms with Gasteiger partial charge >= 0.3 is 12.0 Å². The molecule has 2 aromatic rings. The molecular weight excluding hydrogens is 344 g/mol. The van der Waals surface area contributed by atoms with Crippen LogP contribution in [0.1, 0.15) is 30.0 Å². The molecule has 1 aliphatic heterocycles. The monoisotopic (exact) mass is 366 g/mol. The fraction of sp³-hybridized carbons (Fsp3) is 0.286. The van der Waals surface area contributed by atoms with Crippen molar-refractivity contribution in [1.29, 1.82) is 0 Å². The molecule has 27 heavy (non-hydrogen) atoms. The van der Waals surface area contributed by atoms with Crippen molar-refractivity contribution in [3.05, 3.63) is 65.2 Å². The molecule has 2 aromatic carbocycles. The second kappa shape index (κ2) is 7.23. The molecule has 1 saturated heterocycles. The van der Waals surface area contributed by atoms with Gasteiger partial charge in [0, 0.05) is 0 Å². The summed E-state index contributed by atoms with van der Waals surface area (Å²) in [5.41, 5.74) is 1.40. The van der Waals surface area contributed by atoms with Gasteiger partial charge in [-0.05, 0) is 37.5 Å². The molecule has 0 bridgehead atoms. The maximum atomic E-state index is 13.0. The summed E-state index contributed by atoms with van der Waals surface area (Å²) >= 11 is 0. The normalized spacial score (nSPS) is 19.1. The lowest BCUT2D eigenvalue weighted by Crippen LogP contribution is -2.44. The number of benzene rings is 2. The van der Waals surface area contributed by atoms with Gasteiger partial charge in [-0.25, -0.2) is 9.59 Å². The van der Waals surface area contributed by atoms with Crippen molar-refractivity contribution >= 4 is 17.9 Å². The number of carbonyl (C=O) groups is 3. The zero-order valence-corrected chi connectivity index (χ0v) is 15.6. The number of hydrogen-bond acceptors (Lipinski definition) is 4. The number of urea groups is 1. The Kier molecular flexibility index (Phi) is 4.99. The maximum absolute atomic E-state index is 13.0. The first kappa shape index (κ1) is 18.6. The van der Waals surface area contributed by atoms with Crippen LogP contribution >= 0.6 is 0 Å². The molecule has 0 aromatic heterocycles. The fourth-order valence-corrected chi connectivity index (χ4v) is 3.33. The molecule has 3 rings (SSSR count). The highest BCUT2D eigenvalue weighted by Crippen LogP contribution is 2.32. The number of amides is 3. The molecule has 1 fully saturated rings. The van der Waals surface area contributed by atoms with Gasteiger partial charge in [0.2, 0.25) is 0 Å². The number of imide groups is 1. The molecule has 1 heterocycles. The molecule has 0 aliphatic carbocycles. The lowest BCUT2D eigenvalue weighted by atomic mass is 9.87. The standard InChI is InChI=1S/C21H22N2O4/c1-4-21(16-8-6-5-7-9-16)19(25)23(20(26)22-21)13-18(24)27-17-11-10-14(2)12-15(17)3/h5-12H,4,13H2,1-3H3,(H,22,26). The smallest absolute Gasteiger partial charge is 0.331 e. The molecule has 6 heteroatoms. The van der Waals surface area contributed by atoms with Gasteiger partial charge in [0.1, 0.15) is 17.8 Å². The first-order valence-electron chi connectivity index (χ1n) is 8.85. The molecule has 3 amide bonds. The minimum Gasteiger partial charge on any atom is -0.425 e. The number of rotatable bonds is 5. The lowest BCUT2D eigenvalue weighted by Gasteiger charge is -2.25. The largest absolute Gasteiger partial charge is 0.425 e. The minimum absolute atomic E-state index is 0.379. The van der Waals surface area contributed by atoms with E-state index >= 15 is 0 Å². The SMILES string of the molecule is CCC1(c2ccccc2)NC(=O)N(CC(=O)Oc2ccc(C)cc2C)C1=O. The Balaban J connectivity index is 1.78. The van der Waals surface area contributed by atoms with Crippen LogP contribution in [-0.2, 0) is 15.1 Å². The molecule has 1 atom stereocenters. The van der Waals surface area contributed by atoms with E-state index < -0.39 is 30.0 Å². The molecule has 0 radical (unpaired) electrons. The molecule has 1 N–H and O–H groups in total. The minimum atomic E-state index is -1.15. The summed E-state index contributed by atoms with van der Waals surface area (Å²) < 4.78 is 5.35. The first-order chi connectivity index (χ1) is 12.9. The predicted octanol–water partition coefficient (Wildman–Crippen LogP) is 3.07. The third-order valence-corrected chi connectivity index (χ3v) is 4.81. The summed E-state index contributed by atoms with van der Waals surface area (Å²) in [6.45, 7) is 5.16. The molecule has 0 saturated carbocycles. The van der Waals surface area contributed by atoms with Crippen LogP contribution in [0.5, 0.6) is 5.75 Å². The second-order valence-electron chi connectivity index (χ2n) is 6.69. The zero-order valence-electron chi connectivity index (χ0n) is 15.6. The van der Waals surface area contributed by atoms with E-state index in [2.05, 4.69) is 5.32 Å². The highest BCUT2D eigenvalue weighted by Gasteiger charge is 2.51. The van der Waals surface area contributed by atoms with Crippen molar-refractivity contribution in [2.24, 2.45) is 0 Å². The predicted molar refractivity (Wildman–Crippen MR) is 100 cm³/mol. The van der Waals surface area contributed by atoms with Gasteiger partial charge in [-0.1, -0.05) is 55.0 Å². The average molecular weight is 366 g/mol. The van der Waals surface area contributed by atoms with Gasteiger partial charge in [-0.15, -0.1) is 0 Å². The number of ether oxygens (including phenoxy) is 1. The van der Waals surface area contributed by atoms with E-state index in [0.29, 0.717) is 17.7 Å². The molecule has 0 spiro atoms. The van der Waals surface area contributed by atoms with Gasteiger partial charge < -0.3 is 10.1 Å². The van der Waals surface area contributed by atoms with Crippen molar-refractivity contribution in [2.75, 3.05) is 6.54 Å². The summed E-state index contributed by atoms with van der Waals surface area (Å²) in [5.74, 6) is -0.688. The van der Waals surface area contributed by atoms with Gasteiger partial charge in [-0.3, -0.25) is 9.69 Å². The Hall–Kier alpha value is -3.15. The fourth-order valence-electron chi connectivity index (χ4n) is 3.33. The topological polar surface area (TPSA) is 75.7 Å². The van der Waals surface area contributed by atoms with E-state index in [1.54, 1.807) is 18.2 Å². The van der Waals surface area contributed by atoms with Crippen molar-refractivity contribution in [1.82, 2.24) is 10.2 Å². The number of aryl methyl sites for hydroxylation is 2. The zero-order chi connectivity index (χ0) is 19.6. The van der Waals surface area contributed by atoms with Crippen LogP contribution in [0.4, 0.5) is 4.79 Å². The van der Waals surface area contributed by atoms with E-state index in [0.717, 1.165) is 16.0 Å². The van der Waals surface area contributed by atoms with Crippen LogP contribution in [0.2, 0.25) is 0 Å². The van der Waals surface area contributed by atoms with Crippen LogP contribution in [0.3, 0.4) is 0 Å². The van der Waals surface area contributed by atoms with E-state index in [4.69, 9.17) is 4.74 Å². The number of nitrogens with one attached hydrogen (secondary N) is 1. The van der Waals surface area contributed by atoms with Crippen molar-refractivity contribution in [2.45, 2.75) is 32.7 Å². The summed E-state index contributed by atoms with van der Waals surface area (Å²) in [5, 5.41) is 2.75. The summed E-state index contributed by atoms with van der Waals surface area (Å²) in [7, 11) is 0. The summed E-state index contributed by atoms with van der Waals surface area (Å²) in [4.78, 5) is 38.7. The van der Waals surface area contributed by atoms with Crippen LogP contribution in [-0.4, -0.2) is 29.4 Å². The number of carbonyl (C=O) groups excluding carboxylic acids is 3. The van der Waals surface area contributed by atoms with Gasteiger partial charge in [0.15, 0.2) is 0 Å². The van der Waals surface area contributed by atoms with Crippen molar-refractivity contribution < 1.29 is 19.1 Å². The van der Waals surface area contributed by atoms with Gasteiger partial charge in [-0.2, -0.15) is 0 Å². The second-order valence-corrected chi connectivity index (χ2v) is 6.69. The first-order valence-corrected chi connectivity index (χ1v) is 8.85. The van der Waals surface area contributed by atoms with Crippen molar-refractivity contribution in [3.8, 4) is 5.75 Å². The van der Waals surface area contributed by atoms with Gasteiger partial charge in [0.05, 0.1) is 0 Å². The Morgan fingerprint density at radius 3 is 2.44 bits per heavy atom. The van der Waals surface area contributed by atoms with E-state index in [-0.39, 0.29) is 0 Å². The van der Waals surface area contributed by atoms with Gasteiger partial charge in [0.25, 0.3) is 5.91 Å². The molecule has 6 nitrogen and oxygen atoms in total. The Morgan fingerprint density at radius 2 is 1.81 bits per heavy atom. The molecule has 140 valence electrons. The number of nitrogens with zero attached hydrogens (tertiary/aromatic N) is 1. The Bertz CT molecular complexity index is 894. The maximum Gasteiger partial charge on any atom is 0.331 e.